The van der Waals surface area contributed by atoms with Crippen molar-refractivity contribution in [2.45, 2.75) is 6.92 Å². The molecular weight excluding hydrogens is 314 g/mol. The van der Waals surface area contributed by atoms with E-state index in [0.29, 0.717) is 5.56 Å². The zero-order chi connectivity index (χ0) is 17.8. The van der Waals surface area contributed by atoms with Crippen molar-refractivity contribution in [1.82, 2.24) is 15.4 Å². The number of amides is 2. The van der Waals surface area contributed by atoms with Crippen LogP contribution in [0.25, 0.3) is 16.5 Å². The van der Waals surface area contributed by atoms with Gasteiger partial charge in [-0.05, 0) is 24.1 Å². The van der Waals surface area contributed by atoms with E-state index in [2.05, 4.69) is 10.9 Å². The zero-order valence-corrected chi connectivity index (χ0v) is 14.1. The van der Waals surface area contributed by atoms with Gasteiger partial charge < -0.3 is 4.57 Å². The van der Waals surface area contributed by atoms with Crippen molar-refractivity contribution in [3.63, 3.8) is 0 Å². The van der Waals surface area contributed by atoms with E-state index in [1.807, 2.05) is 73.1 Å². The first-order valence-corrected chi connectivity index (χ1v) is 7.94. The highest BCUT2D eigenvalue weighted by Crippen LogP contribution is 2.19. The monoisotopic (exact) mass is 333 g/mol. The minimum absolute atomic E-state index is 0.351. The fourth-order valence-electron chi connectivity index (χ4n) is 2.73. The minimum Gasteiger partial charge on any atom is -0.350 e. The molecule has 0 spiro atoms. The van der Waals surface area contributed by atoms with Crippen LogP contribution in [0, 0.1) is 0 Å². The first kappa shape index (κ1) is 16.5. The third kappa shape index (κ3) is 3.61. The molecule has 0 atom stereocenters. The third-order valence-corrected chi connectivity index (χ3v) is 4.02. The van der Waals surface area contributed by atoms with Gasteiger partial charge in [-0.3, -0.25) is 20.4 Å². The second-order valence-corrected chi connectivity index (χ2v) is 5.81. The van der Waals surface area contributed by atoms with E-state index < -0.39 is 0 Å². The van der Waals surface area contributed by atoms with Gasteiger partial charge in [-0.25, -0.2) is 0 Å². The number of hydrazine groups is 1. The molecule has 0 aliphatic carbocycles. The summed E-state index contributed by atoms with van der Waals surface area (Å²) < 4.78 is 1.88. The molecular formula is C20H19N3O2. The number of nitrogens with zero attached hydrogens (tertiary/aromatic N) is 1. The van der Waals surface area contributed by atoms with Crippen LogP contribution in [0.3, 0.4) is 0 Å². The standard InChI is InChI=1S/C20H19N3O2/c1-14(15-8-4-3-5-9-15)12-19(24)21-22-20(25)17-13-23(2)18-11-7-6-10-16(17)18/h3-13H,1-2H3,(H,21,24)(H,22,25)/b14-12+. The van der Waals surface area contributed by atoms with Gasteiger partial charge in [0.25, 0.3) is 11.8 Å². The summed E-state index contributed by atoms with van der Waals surface area (Å²) in [6, 6.07) is 17.2. The van der Waals surface area contributed by atoms with Crippen LogP contribution in [0.2, 0.25) is 0 Å². The van der Waals surface area contributed by atoms with Gasteiger partial charge in [0.15, 0.2) is 0 Å². The lowest BCUT2D eigenvalue weighted by molar-refractivity contribution is -0.117. The number of hydrogen-bond donors (Lipinski definition) is 2. The average Bonchev–Trinajstić information content (AvgIpc) is 2.98. The number of fused-ring (bicyclic) bond motifs is 1. The summed E-state index contributed by atoms with van der Waals surface area (Å²) in [6.45, 7) is 1.85. The van der Waals surface area contributed by atoms with Crippen LogP contribution >= 0.6 is 0 Å². The second-order valence-electron chi connectivity index (χ2n) is 5.81. The Kier molecular flexibility index (Phi) is 4.66. The molecule has 0 radical (unpaired) electrons. The Hall–Kier alpha value is -3.34. The lowest BCUT2D eigenvalue weighted by Crippen LogP contribution is -2.40. The number of rotatable bonds is 3. The van der Waals surface area contributed by atoms with Crippen LogP contribution in [0.15, 0.2) is 66.9 Å². The molecule has 2 N–H and O–H groups in total. The highest BCUT2D eigenvalue weighted by Gasteiger charge is 2.13. The summed E-state index contributed by atoms with van der Waals surface area (Å²) in [4.78, 5) is 24.4. The van der Waals surface area contributed by atoms with Crippen LogP contribution in [-0.2, 0) is 11.8 Å². The summed E-state index contributed by atoms with van der Waals surface area (Å²) in [6.07, 6.45) is 3.20. The maximum atomic E-state index is 12.4. The Morgan fingerprint density at radius 1 is 0.960 bits per heavy atom. The van der Waals surface area contributed by atoms with E-state index in [4.69, 9.17) is 0 Å². The molecule has 0 aliphatic heterocycles. The Morgan fingerprint density at radius 3 is 2.40 bits per heavy atom. The fourth-order valence-corrected chi connectivity index (χ4v) is 2.73. The summed E-state index contributed by atoms with van der Waals surface area (Å²) in [5.74, 6) is -0.731. The zero-order valence-electron chi connectivity index (χ0n) is 14.1. The van der Waals surface area contributed by atoms with Crippen LogP contribution in [-0.4, -0.2) is 16.4 Å². The Balaban J connectivity index is 1.68. The molecule has 0 saturated heterocycles. The van der Waals surface area contributed by atoms with Crippen molar-refractivity contribution in [2.75, 3.05) is 0 Å². The average molecular weight is 333 g/mol. The molecule has 3 rings (SSSR count). The first-order valence-electron chi connectivity index (χ1n) is 7.94. The molecule has 1 heterocycles. The van der Waals surface area contributed by atoms with Gasteiger partial charge in [0.2, 0.25) is 0 Å². The van der Waals surface area contributed by atoms with E-state index >= 15 is 0 Å². The number of para-hydroxylation sites is 1. The summed E-state index contributed by atoms with van der Waals surface area (Å²) in [5, 5.41) is 0.841. The van der Waals surface area contributed by atoms with Crippen molar-refractivity contribution in [3.05, 3.63) is 78.0 Å². The predicted molar refractivity (Wildman–Crippen MR) is 98.6 cm³/mol. The number of benzene rings is 2. The van der Waals surface area contributed by atoms with Gasteiger partial charge in [0.05, 0.1) is 5.56 Å². The van der Waals surface area contributed by atoms with E-state index in [0.717, 1.165) is 22.0 Å². The maximum absolute atomic E-state index is 12.4. The van der Waals surface area contributed by atoms with E-state index in [9.17, 15) is 9.59 Å². The molecule has 0 unspecified atom stereocenters. The van der Waals surface area contributed by atoms with Crippen LogP contribution in [0.5, 0.6) is 0 Å². The maximum Gasteiger partial charge on any atom is 0.271 e. The number of aromatic nitrogens is 1. The second kappa shape index (κ2) is 7.05. The highest BCUT2D eigenvalue weighted by atomic mass is 16.2. The summed E-state index contributed by atoms with van der Waals surface area (Å²) in [7, 11) is 1.88. The quantitative estimate of drug-likeness (QED) is 0.572. The number of carbonyl (C=O) groups excluding carboxylic acids is 2. The first-order chi connectivity index (χ1) is 12.1. The molecule has 0 aliphatic rings. The van der Waals surface area contributed by atoms with E-state index in [1.165, 1.54) is 6.08 Å². The molecule has 2 amide bonds. The molecule has 5 heteroatoms. The number of aryl methyl sites for hydroxylation is 1. The molecule has 5 nitrogen and oxygen atoms in total. The number of allylic oxidation sites excluding steroid dienone is 1. The minimum atomic E-state index is -0.380. The Morgan fingerprint density at radius 2 is 1.64 bits per heavy atom. The molecule has 2 aromatic carbocycles. The molecule has 25 heavy (non-hydrogen) atoms. The van der Waals surface area contributed by atoms with Crippen LogP contribution in [0.1, 0.15) is 22.8 Å². The Labute approximate surface area is 145 Å². The summed E-state index contributed by atoms with van der Waals surface area (Å²) >= 11 is 0. The van der Waals surface area contributed by atoms with E-state index in [-0.39, 0.29) is 11.8 Å². The van der Waals surface area contributed by atoms with Crippen LogP contribution in [0.4, 0.5) is 0 Å². The fraction of sp³-hybridized carbons (Fsp3) is 0.100. The van der Waals surface area contributed by atoms with Crippen molar-refractivity contribution in [3.8, 4) is 0 Å². The number of carbonyl (C=O) groups is 2. The molecule has 3 aromatic rings. The molecule has 0 saturated carbocycles. The van der Waals surface area contributed by atoms with Crippen molar-refractivity contribution in [2.24, 2.45) is 7.05 Å². The molecule has 0 bridgehead atoms. The Bertz CT molecular complexity index is 955. The topological polar surface area (TPSA) is 63.1 Å². The molecule has 126 valence electrons. The van der Waals surface area contributed by atoms with Gasteiger partial charge in [-0.1, -0.05) is 48.5 Å². The van der Waals surface area contributed by atoms with Gasteiger partial charge in [0, 0.05) is 30.2 Å². The van der Waals surface area contributed by atoms with Crippen molar-refractivity contribution < 1.29 is 9.59 Å². The van der Waals surface area contributed by atoms with Gasteiger partial charge >= 0.3 is 0 Å². The SMILES string of the molecule is C/C(=C\C(=O)NNC(=O)c1cn(C)c2ccccc12)c1ccccc1. The number of nitrogens with one attached hydrogen (secondary N) is 2. The lowest BCUT2D eigenvalue weighted by Gasteiger charge is -2.06. The van der Waals surface area contributed by atoms with Crippen LogP contribution < -0.4 is 10.9 Å². The molecule has 0 fully saturated rings. The van der Waals surface area contributed by atoms with E-state index in [1.54, 1.807) is 6.20 Å². The summed E-state index contributed by atoms with van der Waals surface area (Å²) in [5.41, 5.74) is 8.14. The van der Waals surface area contributed by atoms with Gasteiger partial charge in [-0.2, -0.15) is 0 Å². The predicted octanol–water partition coefficient (Wildman–Crippen LogP) is 3.04. The van der Waals surface area contributed by atoms with Gasteiger partial charge in [0.1, 0.15) is 0 Å². The highest BCUT2D eigenvalue weighted by molar-refractivity contribution is 6.07. The normalized spacial score (nSPS) is 11.4. The largest absolute Gasteiger partial charge is 0.350 e. The lowest BCUT2D eigenvalue weighted by atomic mass is 10.1. The van der Waals surface area contributed by atoms with Crippen molar-refractivity contribution >= 4 is 28.3 Å². The van der Waals surface area contributed by atoms with Crippen molar-refractivity contribution in [1.29, 1.82) is 0 Å². The third-order valence-electron chi connectivity index (χ3n) is 4.02. The molecule has 1 aromatic heterocycles. The number of hydrogen-bond acceptors (Lipinski definition) is 2. The van der Waals surface area contributed by atoms with Gasteiger partial charge in [-0.15, -0.1) is 0 Å². The smallest absolute Gasteiger partial charge is 0.271 e.